The second-order valence-electron chi connectivity index (χ2n) is 8.23. The molecule has 1 fully saturated rings. The highest BCUT2D eigenvalue weighted by Crippen LogP contribution is 2.28. The van der Waals surface area contributed by atoms with Gasteiger partial charge in [0.05, 0.1) is 5.25 Å². The molecule has 0 spiro atoms. The first-order chi connectivity index (χ1) is 15.3. The molecule has 1 heterocycles. The number of aromatic hydroxyl groups is 1. The average Bonchev–Trinajstić information content (AvgIpc) is 2.78. The fourth-order valence-electron chi connectivity index (χ4n) is 4.04. The van der Waals surface area contributed by atoms with Crippen molar-refractivity contribution in [1.82, 2.24) is 9.55 Å². The molecule has 3 rings (SSSR count). The summed E-state index contributed by atoms with van der Waals surface area (Å²) < 4.78 is 32.6. The maximum atomic E-state index is 13.3. The number of rotatable bonds is 5. The van der Waals surface area contributed by atoms with Gasteiger partial charge in [-0.05, 0) is 18.4 Å². The Hall–Kier alpha value is -2.68. The van der Waals surface area contributed by atoms with Gasteiger partial charge >= 0.3 is 5.97 Å². The Morgan fingerprint density at radius 2 is 1.62 bits per heavy atom. The van der Waals surface area contributed by atoms with E-state index in [2.05, 4.69) is 4.98 Å². The zero-order chi connectivity index (χ0) is 23.1. The smallest absolute Gasteiger partial charge is 0.375 e. The number of benzene rings is 1. The Morgan fingerprint density at radius 1 is 1.06 bits per heavy atom. The van der Waals surface area contributed by atoms with Crippen LogP contribution in [0.25, 0.3) is 0 Å². The normalized spacial score (nSPS) is 16.4. The molecule has 0 bridgehead atoms. The monoisotopic (exact) mass is 462 g/mol. The van der Waals surface area contributed by atoms with Gasteiger partial charge in [0.1, 0.15) is 6.61 Å². The highest BCUT2D eigenvalue weighted by atomic mass is 32.2. The van der Waals surface area contributed by atoms with Gasteiger partial charge in [0.2, 0.25) is 11.7 Å². The first-order valence-corrected chi connectivity index (χ1v) is 12.6. The number of carbonyl (C=O) groups excluding carboxylic acids is 1. The lowest BCUT2D eigenvalue weighted by Crippen LogP contribution is -2.34. The standard InChI is InChI=1S/C23H30N2O6S/c1-25-20(23(28)31-16-17-12-8-7-9-13-17)24-21(26)19(22(25)27)32(29,30)18-14-10-5-3-2-4-6-11-15-18/h7-9,12-13,18,26H,2-6,10-11,14-16H2,1H3. The summed E-state index contributed by atoms with van der Waals surface area (Å²) in [5, 5.41) is 9.66. The van der Waals surface area contributed by atoms with Crippen LogP contribution in [0.5, 0.6) is 5.88 Å². The van der Waals surface area contributed by atoms with Crippen LogP contribution in [0, 0.1) is 0 Å². The Kier molecular flexibility index (Phi) is 8.06. The number of sulfone groups is 1. The minimum atomic E-state index is -4.11. The molecule has 32 heavy (non-hydrogen) atoms. The summed E-state index contributed by atoms with van der Waals surface area (Å²) in [5.41, 5.74) is -0.230. The summed E-state index contributed by atoms with van der Waals surface area (Å²) in [6, 6.07) is 8.95. The van der Waals surface area contributed by atoms with Gasteiger partial charge < -0.3 is 9.84 Å². The van der Waals surface area contributed by atoms with E-state index in [9.17, 15) is 23.1 Å². The van der Waals surface area contributed by atoms with E-state index in [0.29, 0.717) is 12.8 Å². The van der Waals surface area contributed by atoms with Crippen molar-refractivity contribution in [3.63, 3.8) is 0 Å². The zero-order valence-corrected chi connectivity index (χ0v) is 19.1. The fraction of sp³-hybridized carbons (Fsp3) is 0.522. The van der Waals surface area contributed by atoms with E-state index >= 15 is 0 Å². The molecule has 1 N–H and O–H groups in total. The highest BCUT2D eigenvalue weighted by molar-refractivity contribution is 7.92. The minimum Gasteiger partial charge on any atom is -0.492 e. The Balaban J connectivity index is 1.86. The van der Waals surface area contributed by atoms with Crippen molar-refractivity contribution in [2.75, 3.05) is 0 Å². The first-order valence-electron chi connectivity index (χ1n) is 11.1. The third kappa shape index (κ3) is 5.56. The molecule has 8 nitrogen and oxygen atoms in total. The summed E-state index contributed by atoms with van der Waals surface area (Å²) in [6.45, 7) is -0.0432. The van der Waals surface area contributed by atoms with Gasteiger partial charge in [-0.15, -0.1) is 0 Å². The van der Waals surface area contributed by atoms with Crippen LogP contribution in [0.3, 0.4) is 0 Å². The Labute approximate surface area is 188 Å². The molecule has 2 aromatic rings. The number of carbonyl (C=O) groups is 1. The number of hydrogen-bond acceptors (Lipinski definition) is 7. The van der Waals surface area contributed by atoms with E-state index in [1.165, 1.54) is 7.05 Å². The van der Waals surface area contributed by atoms with E-state index in [1.54, 1.807) is 24.3 Å². The molecule has 0 amide bonds. The second kappa shape index (κ2) is 10.8. The molecule has 1 saturated carbocycles. The van der Waals surface area contributed by atoms with Crippen LogP contribution in [0.4, 0.5) is 0 Å². The predicted octanol–water partition coefficient (Wildman–Crippen LogP) is 3.51. The minimum absolute atomic E-state index is 0.0432. The van der Waals surface area contributed by atoms with E-state index in [4.69, 9.17) is 4.74 Å². The van der Waals surface area contributed by atoms with Crippen molar-refractivity contribution in [3.05, 3.63) is 52.1 Å². The lowest BCUT2D eigenvalue weighted by molar-refractivity contribution is 0.0449. The molecule has 1 aliphatic carbocycles. The maximum absolute atomic E-state index is 13.3. The van der Waals surface area contributed by atoms with E-state index in [1.807, 2.05) is 6.07 Å². The summed E-state index contributed by atoms with van der Waals surface area (Å²) in [4.78, 5) is 28.4. The van der Waals surface area contributed by atoms with Gasteiger partial charge in [0, 0.05) is 7.05 Å². The molecule has 1 aromatic heterocycles. The molecule has 1 aromatic carbocycles. The average molecular weight is 463 g/mol. The third-order valence-corrected chi connectivity index (χ3v) is 8.18. The molecule has 1 aliphatic rings. The van der Waals surface area contributed by atoms with Crippen LogP contribution < -0.4 is 5.56 Å². The second-order valence-corrected chi connectivity index (χ2v) is 10.4. The van der Waals surface area contributed by atoms with Crippen molar-refractivity contribution in [2.24, 2.45) is 7.05 Å². The van der Waals surface area contributed by atoms with Crippen LogP contribution in [-0.2, 0) is 28.2 Å². The molecule has 9 heteroatoms. The number of hydrogen-bond donors (Lipinski definition) is 1. The lowest BCUT2D eigenvalue weighted by atomic mass is 10.0. The van der Waals surface area contributed by atoms with Gasteiger partial charge in [-0.1, -0.05) is 75.3 Å². The van der Waals surface area contributed by atoms with Gasteiger partial charge in [0.25, 0.3) is 5.56 Å². The van der Waals surface area contributed by atoms with Crippen molar-refractivity contribution in [1.29, 1.82) is 0 Å². The van der Waals surface area contributed by atoms with Gasteiger partial charge in [-0.3, -0.25) is 9.36 Å². The third-order valence-electron chi connectivity index (χ3n) is 5.90. The van der Waals surface area contributed by atoms with Crippen molar-refractivity contribution < 1.29 is 23.1 Å². The molecule has 174 valence electrons. The molecule has 0 unspecified atom stereocenters. The summed E-state index contributed by atoms with van der Waals surface area (Å²) >= 11 is 0. The highest BCUT2D eigenvalue weighted by Gasteiger charge is 2.35. The Bertz CT molecular complexity index is 1090. The molecule has 0 aliphatic heterocycles. The molecule has 0 saturated heterocycles. The van der Waals surface area contributed by atoms with Gasteiger partial charge in [0.15, 0.2) is 14.7 Å². The Morgan fingerprint density at radius 3 is 2.22 bits per heavy atom. The predicted molar refractivity (Wildman–Crippen MR) is 119 cm³/mol. The van der Waals surface area contributed by atoms with Crippen molar-refractivity contribution in [2.45, 2.75) is 74.5 Å². The van der Waals surface area contributed by atoms with E-state index in [0.717, 1.165) is 55.1 Å². The maximum Gasteiger partial charge on any atom is 0.375 e. The fourth-order valence-corrected chi connectivity index (χ4v) is 6.01. The quantitative estimate of drug-likeness (QED) is 0.676. The van der Waals surface area contributed by atoms with Crippen molar-refractivity contribution >= 4 is 15.8 Å². The van der Waals surface area contributed by atoms with E-state index < -0.39 is 43.2 Å². The summed E-state index contributed by atoms with van der Waals surface area (Å²) in [7, 11) is -2.86. The number of ether oxygens (including phenoxy) is 1. The summed E-state index contributed by atoms with van der Waals surface area (Å²) in [6.07, 6.45) is 7.57. The number of nitrogens with zero attached hydrogens (tertiary/aromatic N) is 2. The van der Waals surface area contributed by atoms with Crippen LogP contribution in [-0.4, -0.2) is 34.3 Å². The van der Waals surface area contributed by atoms with Crippen LogP contribution >= 0.6 is 0 Å². The van der Waals surface area contributed by atoms with E-state index in [-0.39, 0.29) is 6.61 Å². The molecule has 0 radical (unpaired) electrons. The van der Waals surface area contributed by atoms with Crippen molar-refractivity contribution in [3.8, 4) is 5.88 Å². The number of esters is 1. The van der Waals surface area contributed by atoms with Crippen LogP contribution in [0.2, 0.25) is 0 Å². The largest absolute Gasteiger partial charge is 0.492 e. The van der Waals surface area contributed by atoms with Crippen LogP contribution in [0.15, 0.2) is 40.0 Å². The molecule has 0 atom stereocenters. The lowest BCUT2D eigenvalue weighted by Gasteiger charge is -2.19. The van der Waals surface area contributed by atoms with Gasteiger partial charge in [-0.2, -0.15) is 4.98 Å². The van der Waals surface area contributed by atoms with Gasteiger partial charge in [-0.25, -0.2) is 13.2 Å². The SMILES string of the molecule is Cn1c(C(=O)OCc2ccccc2)nc(O)c(S(=O)(=O)C2CCCCCCCCC2)c1=O. The zero-order valence-electron chi connectivity index (χ0n) is 18.3. The summed E-state index contributed by atoms with van der Waals surface area (Å²) in [5.74, 6) is -2.32. The molecular formula is C23H30N2O6S. The first kappa shape index (κ1) is 24.0. The molecular weight excluding hydrogens is 432 g/mol. The topological polar surface area (TPSA) is 116 Å². The van der Waals surface area contributed by atoms with Crippen LogP contribution in [0.1, 0.15) is 74.0 Å². The number of aromatic nitrogens is 2.